The molecule has 0 unspecified atom stereocenters. The van der Waals surface area contributed by atoms with Crippen LogP contribution < -0.4 is 14.8 Å². The Morgan fingerprint density at radius 1 is 1.10 bits per heavy atom. The van der Waals surface area contributed by atoms with Gasteiger partial charge in [0.2, 0.25) is 0 Å². The maximum atomic E-state index is 12.5. The maximum absolute atomic E-state index is 12.5. The number of ether oxygens (including phenoxy) is 3. The Balaban J connectivity index is 1.57. The smallest absolute Gasteiger partial charge is 0.272 e. The minimum atomic E-state index is -0.246. The first-order valence-electron chi connectivity index (χ1n) is 9.44. The van der Waals surface area contributed by atoms with E-state index in [4.69, 9.17) is 14.2 Å². The highest BCUT2D eigenvalue weighted by Crippen LogP contribution is 2.27. The van der Waals surface area contributed by atoms with Gasteiger partial charge in [0.05, 0.1) is 27.4 Å². The van der Waals surface area contributed by atoms with Crippen LogP contribution in [0.25, 0.3) is 0 Å². The minimum Gasteiger partial charge on any atom is -0.493 e. The molecule has 0 atom stereocenters. The predicted octanol–water partition coefficient (Wildman–Crippen LogP) is 1.54. The molecule has 0 aliphatic carbocycles. The lowest BCUT2D eigenvalue weighted by molar-refractivity contribution is 0.0299. The van der Waals surface area contributed by atoms with Crippen molar-refractivity contribution in [3.8, 4) is 11.5 Å². The molecular formula is C21H25N3O5. The Morgan fingerprint density at radius 2 is 1.86 bits per heavy atom. The van der Waals surface area contributed by atoms with Crippen LogP contribution in [0.4, 0.5) is 0 Å². The zero-order valence-corrected chi connectivity index (χ0v) is 16.6. The summed E-state index contributed by atoms with van der Waals surface area (Å²) < 4.78 is 15.8. The van der Waals surface area contributed by atoms with Crippen LogP contribution in [0, 0.1) is 0 Å². The molecule has 2 amide bonds. The SMILES string of the molecule is COc1ccc(CCNC(=O)c2ccnc(C(=O)N3CCOCC3)c2)cc1OC. The van der Waals surface area contributed by atoms with Gasteiger partial charge >= 0.3 is 0 Å². The van der Waals surface area contributed by atoms with Gasteiger partial charge in [0.15, 0.2) is 11.5 Å². The summed E-state index contributed by atoms with van der Waals surface area (Å²) in [5, 5.41) is 2.88. The van der Waals surface area contributed by atoms with Crippen molar-refractivity contribution in [3.05, 3.63) is 53.3 Å². The molecule has 1 fully saturated rings. The quantitative estimate of drug-likeness (QED) is 0.760. The van der Waals surface area contributed by atoms with E-state index in [-0.39, 0.29) is 17.5 Å². The summed E-state index contributed by atoms with van der Waals surface area (Å²) in [6, 6.07) is 8.78. The monoisotopic (exact) mass is 399 g/mol. The number of aromatic nitrogens is 1. The second-order valence-electron chi connectivity index (χ2n) is 6.53. The summed E-state index contributed by atoms with van der Waals surface area (Å²) in [5.41, 5.74) is 1.68. The van der Waals surface area contributed by atoms with Crippen molar-refractivity contribution in [2.24, 2.45) is 0 Å². The van der Waals surface area contributed by atoms with E-state index < -0.39 is 0 Å². The van der Waals surface area contributed by atoms with Crippen LogP contribution in [0.3, 0.4) is 0 Å². The van der Waals surface area contributed by atoms with E-state index in [1.165, 1.54) is 12.3 Å². The molecule has 2 aromatic rings. The van der Waals surface area contributed by atoms with Gasteiger partial charge in [0.1, 0.15) is 5.69 Å². The largest absolute Gasteiger partial charge is 0.493 e. The number of hydrogen-bond acceptors (Lipinski definition) is 6. The second kappa shape index (κ2) is 9.88. The lowest BCUT2D eigenvalue weighted by Crippen LogP contribution is -2.41. The number of nitrogens with one attached hydrogen (secondary N) is 1. The first-order valence-corrected chi connectivity index (χ1v) is 9.44. The van der Waals surface area contributed by atoms with Crippen molar-refractivity contribution in [2.75, 3.05) is 47.1 Å². The fourth-order valence-corrected chi connectivity index (χ4v) is 3.08. The standard InChI is InChI=1S/C21H25N3O5/c1-27-18-4-3-15(13-19(18)28-2)5-7-23-20(25)16-6-8-22-17(14-16)21(26)24-9-11-29-12-10-24/h3-4,6,8,13-14H,5,7,9-12H2,1-2H3,(H,23,25). The van der Waals surface area contributed by atoms with Crippen LogP contribution in [0.2, 0.25) is 0 Å². The predicted molar refractivity (Wildman–Crippen MR) is 107 cm³/mol. The summed E-state index contributed by atoms with van der Waals surface area (Å²) in [4.78, 5) is 30.8. The third kappa shape index (κ3) is 5.23. The first-order chi connectivity index (χ1) is 14.1. The number of benzene rings is 1. The molecule has 1 aliphatic heterocycles. The van der Waals surface area contributed by atoms with Gasteiger partial charge in [-0.1, -0.05) is 6.07 Å². The number of rotatable bonds is 7. The van der Waals surface area contributed by atoms with Gasteiger partial charge in [-0.25, -0.2) is 0 Å². The number of methoxy groups -OCH3 is 2. The Kier molecular flexibility index (Phi) is 7.02. The molecule has 1 aliphatic rings. The summed E-state index contributed by atoms with van der Waals surface area (Å²) in [6.07, 6.45) is 2.12. The molecule has 0 radical (unpaired) electrons. The average Bonchev–Trinajstić information content (AvgIpc) is 2.79. The third-order valence-corrected chi connectivity index (χ3v) is 4.69. The van der Waals surface area contributed by atoms with E-state index in [0.29, 0.717) is 56.3 Å². The van der Waals surface area contributed by atoms with Crippen LogP contribution in [0.1, 0.15) is 26.4 Å². The van der Waals surface area contributed by atoms with E-state index in [9.17, 15) is 9.59 Å². The highest BCUT2D eigenvalue weighted by Gasteiger charge is 2.20. The molecule has 2 heterocycles. The van der Waals surface area contributed by atoms with Gasteiger partial charge < -0.3 is 24.4 Å². The normalized spacial score (nSPS) is 13.7. The molecule has 0 saturated carbocycles. The summed E-state index contributed by atoms with van der Waals surface area (Å²) in [7, 11) is 3.17. The van der Waals surface area contributed by atoms with Crippen molar-refractivity contribution in [3.63, 3.8) is 0 Å². The Hall–Kier alpha value is -3.13. The van der Waals surface area contributed by atoms with E-state index in [2.05, 4.69) is 10.3 Å². The Morgan fingerprint density at radius 3 is 2.59 bits per heavy atom. The summed E-state index contributed by atoms with van der Waals surface area (Å²) in [6.45, 7) is 2.54. The van der Waals surface area contributed by atoms with E-state index in [1.807, 2.05) is 18.2 Å². The fourth-order valence-electron chi connectivity index (χ4n) is 3.08. The summed E-state index contributed by atoms with van der Waals surface area (Å²) >= 11 is 0. The number of nitrogens with zero attached hydrogens (tertiary/aromatic N) is 2. The Bertz CT molecular complexity index is 865. The highest BCUT2D eigenvalue weighted by molar-refractivity contribution is 5.98. The molecule has 0 spiro atoms. The number of hydrogen-bond donors (Lipinski definition) is 1. The van der Waals surface area contributed by atoms with Crippen LogP contribution in [0.5, 0.6) is 11.5 Å². The van der Waals surface area contributed by atoms with Gasteiger partial charge in [0, 0.05) is 31.4 Å². The van der Waals surface area contributed by atoms with Gasteiger partial charge in [0.25, 0.3) is 11.8 Å². The minimum absolute atomic E-state index is 0.187. The molecule has 29 heavy (non-hydrogen) atoms. The Labute approximate surface area is 169 Å². The number of morpholine rings is 1. The molecule has 1 aromatic carbocycles. The zero-order chi connectivity index (χ0) is 20.6. The van der Waals surface area contributed by atoms with Gasteiger partial charge in [-0.15, -0.1) is 0 Å². The van der Waals surface area contributed by atoms with Gasteiger partial charge in [-0.3, -0.25) is 14.6 Å². The van der Waals surface area contributed by atoms with Gasteiger partial charge in [-0.05, 0) is 36.2 Å². The van der Waals surface area contributed by atoms with E-state index >= 15 is 0 Å². The van der Waals surface area contributed by atoms with Crippen molar-refractivity contribution in [1.29, 1.82) is 0 Å². The lowest BCUT2D eigenvalue weighted by Gasteiger charge is -2.26. The molecule has 3 rings (SSSR count). The molecular weight excluding hydrogens is 374 g/mol. The molecule has 8 nitrogen and oxygen atoms in total. The highest BCUT2D eigenvalue weighted by atomic mass is 16.5. The zero-order valence-electron chi connectivity index (χ0n) is 16.6. The molecule has 154 valence electrons. The van der Waals surface area contributed by atoms with Crippen molar-refractivity contribution >= 4 is 11.8 Å². The van der Waals surface area contributed by atoms with Crippen molar-refractivity contribution in [1.82, 2.24) is 15.2 Å². The lowest BCUT2D eigenvalue weighted by atomic mass is 10.1. The topological polar surface area (TPSA) is 90.0 Å². The molecule has 1 saturated heterocycles. The number of amides is 2. The second-order valence-corrected chi connectivity index (χ2v) is 6.53. The molecule has 0 bridgehead atoms. The number of carbonyl (C=O) groups is 2. The van der Waals surface area contributed by atoms with Crippen LogP contribution in [-0.4, -0.2) is 68.8 Å². The third-order valence-electron chi connectivity index (χ3n) is 4.69. The number of carbonyl (C=O) groups excluding carboxylic acids is 2. The van der Waals surface area contributed by atoms with Crippen molar-refractivity contribution in [2.45, 2.75) is 6.42 Å². The average molecular weight is 399 g/mol. The van der Waals surface area contributed by atoms with E-state index in [1.54, 1.807) is 25.2 Å². The van der Waals surface area contributed by atoms with E-state index in [0.717, 1.165) is 5.56 Å². The van der Waals surface area contributed by atoms with Crippen LogP contribution in [-0.2, 0) is 11.2 Å². The fraction of sp³-hybridized carbons (Fsp3) is 0.381. The number of pyridine rings is 1. The van der Waals surface area contributed by atoms with Gasteiger partial charge in [-0.2, -0.15) is 0 Å². The van der Waals surface area contributed by atoms with Crippen LogP contribution in [0.15, 0.2) is 36.5 Å². The first kappa shape index (κ1) is 20.6. The molecule has 8 heteroatoms. The van der Waals surface area contributed by atoms with Crippen LogP contribution >= 0.6 is 0 Å². The molecule has 1 N–H and O–H groups in total. The summed E-state index contributed by atoms with van der Waals surface area (Å²) in [5.74, 6) is 0.878. The molecule has 1 aromatic heterocycles. The van der Waals surface area contributed by atoms with Crippen molar-refractivity contribution < 1.29 is 23.8 Å². The maximum Gasteiger partial charge on any atom is 0.272 e.